The van der Waals surface area contributed by atoms with Gasteiger partial charge in [0.1, 0.15) is 10.4 Å². The Morgan fingerprint density at radius 3 is 2.54 bits per heavy atom. The van der Waals surface area contributed by atoms with Crippen LogP contribution in [0.4, 0.5) is 24.0 Å². The zero-order chi connectivity index (χ0) is 26.9. The quantitative estimate of drug-likeness (QED) is 0.241. The number of ether oxygens (including phenoxy) is 2. The van der Waals surface area contributed by atoms with E-state index in [4.69, 9.17) is 9.47 Å². The highest BCUT2D eigenvalue weighted by atomic mass is 32.1. The fourth-order valence-corrected chi connectivity index (χ4v) is 5.51. The maximum Gasteiger partial charge on any atom is 0.416 e. The minimum absolute atomic E-state index is 0.0355. The topological polar surface area (TPSA) is 112 Å². The standard InChI is InChI=1S/C24H22F3N3O6S/c1-3-36-15-4-5-16(22(32)35-2)17(12-15)13-6-8-29(9-7-13)23-28-21(31)18-10-14(24(25,26)27)11-19(30(33)34)20(18)37-23/h4-5,10-13H,3,6-9H2,1-2H3. The average Bonchev–Trinajstić information content (AvgIpc) is 2.87. The molecule has 2 heterocycles. The summed E-state index contributed by atoms with van der Waals surface area (Å²) in [6.45, 7) is 3.13. The molecule has 13 heteroatoms. The first kappa shape index (κ1) is 26.3. The molecule has 0 spiro atoms. The molecular weight excluding hydrogens is 515 g/mol. The number of carbonyl (C=O) groups excluding carboxylic acids is 1. The highest BCUT2D eigenvalue weighted by Crippen LogP contribution is 2.40. The van der Waals surface area contributed by atoms with Crippen LogP contribution in [-0.2, 0) is 10.9 Å². The minimum atomic E-state index is -4.85. The molecule has 2 aromatic carbocycles. The number of nitro groups is 1. The van der Waals surface area contributed by atoms with Crippen molar-refractivity contribution in [2.75, 3.05) is 31.7 Å². The summed E-state index contributed by atoms with van der Waals surface area (Å²) < 4.78 is 50.0. The molecule has 0 aliphatic carbocycles. The van der Waals surface area contributed by atoms with Crippen molar-refractivity contribution in [2.24, 2.45) is 0 Å². The third-order valence-electron chi connectivity index (χ3n) is 6.16. The van der Waals surface area contributed by atoms with E-state index >= 15 is 0 Å². The van der Waals surface area contributed by atoms with Gasteiger partial charge in [0.2, 0.25) is 0 Å². The number of esters is 1. The Morgan fingerprint density at radius 2 is 1.95 bits per heavy atom. The first-order valence-electron chi connectivity index (χ1n) is 11.3. The van der Waals surface area contributed by atoms with Crippen LogP contribution in [0.3, 0.4) is 0 Å². The molecule has 1 aliphatic heterocycles. The molecule has 3 aromatic rings. The molecular formula is C24H22F3N3O6S. The number of nitrogens with zero attached hydrogens (tertiary/aromatic N) is 3. The van der Waals surface area contributed by atoms with Gasteiger partial charge in [0.15, 0.2) is 5.13 Å². The van der Waals surface area contributed by atoms with Gasteiger partial charge in [-0.1, -0.05) is 11.3 Å². The van der Waals surface area contributed by atoms with Crippen LogP contribution in [-0.4, -0.2) is 42.7 Å². The van der Waals surface area contributed by atoms with Crippen molar-refractivity contribution < 1.29 is 32.4 Å². The highest BCUT2D eigenvalue weighted by Gasteiger charge is 2.35. The van der Waals surface area contributed by atoms with Gasteiger partial charge in [0, 0.05) is 19.2 Å². The Hall–Kier alpha value is -3.74. The van der Waals surface area contributed by atoms with Gasteiger partial charge in [-0.05, 0) is 55.5 Å². The number of alkyl halides is 3. The zero-order valence-electron chi connectivity index (χ0n) is 19.8. The van der Waals surface area contributed by atoms with E-state index < -0.39 is 39.3 Å². The highest BCUT2D eigenvalue weighted by molar-refractivity contribution is 7.22. The molecule has 1 saturated heterocycles. The molecule has 1 fully saturated rings. The van der Waals surface area contributed by atoms with E-state index in [-0.39, 0.29) is 15.7 Å². The Balaban J connectivity index is 1.65. The molecule has 4 rings (SSSR count). The van der Waals surface area contributed by atoms with Crippen molar-refractivity contribution in [2.45, 2.75) is 31.9 Å². The number of benzene rings is 2. The zero-order valence-corrected chi connectivity index (χ0v) is 20.6. The van der Waals surface area contributed by atoms with Crippen molar-refractivity contribution in [3.05, 3.63) is 67.5 Å². The van der Waals surface area contributed by atoms with E-state index in [0.717, 1.165) is 16.9 Å². The van der Waals surface area contributed by atoms with Crippen LogP contribution in [0.2, 0.25) is 0 Å². The molecule has 1 aliphatic rings. The smallest absolute Gasteiger partial charge is 0.416 e. The van der Waals surface area contributed by atoms with Gasteiger partial charge in [0.05, 0.1) is 35.2 Å². The number of piperidine rings is 1. The van der Waals surface area contributed by atoms with E-state index in [9.17, 15) is 32.9 Å². The van der Waals surface area contributed by atoms with Crippen LogP contribution in [0.1, 0.15) is 47.2 Å². The molecule has 0 unspecified atom stereocenters. The van der Waals surface area contributed by atoms with Crippen LogP contribution in [0.15, 0.2) is 35.1 Å². The molecule has 0 radical (unpaired) electrons. The van der Waals surface area contributed by atoms with Crippen molar-refractivity contribution in [3.8, 4) is 5.75 Å². The predicted octanol–water partition coefficient (Wildman–Crippen LogP) is 5.15. The lowest BCUT2D eigenvalue weighted by Gasteiger charge is -2.33. The molecule has 196 valence electrons. The van der Waals surface area contributed by atoms with Crippen molar-refractivity contribution in [3.63, 3.8) is 0 Å². The lowest BCUT2D eigenvalue weighted by Crippen LogP contribution is -2.34. The number of aromatic nitrogens is 1. The fraction of sp³-hybridized carbons (Fsp3) is 0.375. The van der Waals surface area contributed by atoms with Gasteiger partial charge in [-0.25, -0.2) is 4.79 Å². The van der Waals surface area contributed by atoms with Crippen LogP contribution in [0.25, 0.3) is 10.1 Å². The van der Waals surface area contributed by atoms with E-state index in [0.29, 0.717) is 56.0 Å². The van der Waals surface area contributed by atoms with E-state index in [1.165, 1.54) is 7.11 Å². The lowest BCUT2D eigenvalue weighted by atomic mass is 9.86. The Morgan fingerprint density at radius 1 is 1.24 bits per heavy atom. The SMILES string of the molecule is CCOc1ccc(C(=O)OC)c(C2CCN(c3nc(=O)c4cc(C(F)(F)F)cc([N+](=O)[O-])c4s3)CC2)c1. The van der Waals surface area contributed by atoms with E-state index in [2.05, 4.69) is 4.98 Å². The van der Waals surface area contributed by atoms with Gasteiger partial charge in [-0.2, -0.15) is 18.2 Å². The lowest BCUT2D eigenvalue weighted by molar-refractivity contribution is -0.383. The summed E-state index contributed by atoms with van der Waals surface area (Å²) in [5.74, 6) is 0.111. The largest absolute Gasteiger partial charge is 0.494 e. The average molecular weight is 538 g/mol. The van der Waals surface area contributed by atoms with Crippen LogP contribution in [0.5, 0.6) is 5.75 Å². The van der Waals surface area contributed by atoms with Crippen LogP contribution in [0, 0.1) is 10.1 Å². The predicted molar refractivity (Wildman–Crippen MR) is 131 cm³/mol. The monoisotopic (exact) mass is 537 g/mol. The molecule has 9 nitrogen and oxygen atoms in total. The molecule has 0 atom stereocenters. The first-order chi connectivity index (χ1) is 17.5. The van der Waals surface area contributed by atoms with E-state index in [1.807, 2.05) is 13.0 Å². The van der Waals surface area contributed by atoms with Crippen LogP contribution >= 0.6 is 11.3 Å². The summed E-state index contributed by atoms with van der Waals surface area (Å²) >= 11 is 0.811. The summed E-state index contributed by atoms with van der Waals surface area (Å²) in [7, 11) is 1.30. The number of fused-ring (bicyclic) bond motifs is 1. The maximum atomic E-state index is 13.2. The minimum Gasteiger partial charge on any atom is -0.494 e. The Kier molecular flexibility index (Phi) is 7.35. The number of halogens is 3. The second kappa shape index (κ2) is 10.3. The summed E-state index contributed by atoms with van der Waals surface area (Å²) in [5, 5.41) is 11.3. The number of hydrogen-bond donors (Lipinski definition) is 0. The maximum absolute atomic E-state index is 13.2. The van der Waals surface area contributed by atoms with Crippen molar-refractivity contribution >= 4 is 38.2 Å². The Bertz CT molecular complexity index is 1420. The van der Waals surface area contributed by atoms with Gasteiger partial charge in [-0.15, -0.1) is 0 Å². The molecule has 0 amide bonds. The van der Waals surface area contributed by atoms with Gasteiger partial charge in [-0.3, -0.25) is 14.9 Å². The number of carbonyl (C=O) groups is 1. The molecule has 37 heavy (non-hydrogen) atoms. The van der Waals surface area contributed by atoms with Gasteiger partial charge < -0.3 is 14.4 Å². The summed E-state index contributed by atoms with van der Waals surface area (Å²) in [4.78, 5) is 41.3. The van der Waals surface area contributed by atoms with Crippen LogP contribution < -0.4 is 15.2 Å². The molecule has 0 saturated carbocycles. The third kappa shape index (κ3) is 5.36. The normalized spacial score (nSPS) is 14.6. The number of methoxy groups -OCH3 is 1. The number of hydrogen-bond acceptors (Lipinski definition) is 9. The molecule has 0 N–H and O–H groups in total. The Labute approximate surface area is 212 Å². The summed E-state index contributed by atoms with van der Waals surface area (Å²) in [6, 6.07) is 6.20. The number of rotatable bonds is 6. The van der Waals surface area contributed by atoms with Gasteiger partial charge >= 0.3 is 12.1 Å². The number of non-ortho nitro benzene ring substituents is 1. The van der Waals surface area contributed by atoms with E-state index in [1.54, 1.807) is 17.0 Å². The fourth-order valence-electron chi connectivity index (χ4n) is 4.39. The third-order valence-corrected chi connectivity index (χ3v) is 7.32. The second-order valence-corrected chi connectivity index (χ2v) is 9.34. The summed E-state index contributed by atoms with van der Waals surface area (Å²) in [5.41, 5.74) is -1.83. The summed E-state index contributed by atoms with van der Waals surface area (Å²) in [6.07, 6.45) is -3.72. The number of anilines is 1. The number of nitro benzene ring substituents is 1. The van der Waals surface area contributed by atoms with Crippen molar-refractivity contribution in [1.29, 1.82) is 0 Å². The molecule has 1 aromatic heterocycles. The molecule has 0 bridgehead atoms. The van der Waals surface area contributed by atoms with Gasteiger partial charge in [0.25, 0.3) is 11.2 Å². The second-order valence-electron chi connectivity index (χ2n) is 8.36. The van der Waals surface area contributed by atoms with Crippen molar-refractivity contribution in [1.82, 2.24) is 4.98 Å². The first-order valence-corrected chi connectivity index (χ1v) is 12.2.